The van der Waals surface area contributed by atoms with E-state index in [1.807, 2.05) is 0 Å². The van der Waals surface area contributed by atoms with Gasteiger partial charge in [0.15, 0.2) is 0 Å². The van der Waals surface area contributed by atoms with E-state index in [2.05, 4.69) is 0 Å². The third kappa shape index (κ3) is 3.81. The maximum atomic E-state index is 11.2. The Kier molecular flexibility index (Phi) is 3.85. The van der Waals surface area contributed by atoms with Gasteiger partial charge in [0, 0.05) is 0 Å². The average Bonchev–Trinajstić information content (AvgIpc) is 2.18. The zero-order chi connectivity index (χ0) is 11.3. The molecule has 0 heterocycles. The van der Waals surface area contributed by atoms with Gasteiger partial charge in [0.25, 0.3) is 0 Å². The van der Waals surface area contributed by atoms with E-state index in [1.54, 1.807) is 30.3 Å². The fraction of sp³-hybridized carbons (Fsp3) is 0.273. The topological polar surface area (TPSA) is 63.6 Å². The van der Waals surface area contributed by atoms with Crippen LogP contribution in [-0.4, -0.2) is 17.0 Å². The van der Waals surface area contributed by atoms with E-state index in [0.29, 0.717) is 5.75 Å². The number of carbonyl (C=O) groups excluding carboxylic acids is 1. The molecule has 0 saturated carbocycles. The van der Waals surface area contributed by atoms with Crippen molar-refractivity contribution in [2.45, 2.75) is 13.3 Å². The molecule has 1 rings (SSSR count). The van der Waals surface area contributed by atoms with Crippen molar-refractivity contribution in [1.29, 1.82) is 0 Å². The Morgan fingerprint density at radius 2 is 1.93 bits per heavy atom. The molecular formula is C11H12O4. The van der Waals surface area contributed by atoms with Crippen molar-refractivity contribution in [3.63, 3.8) is 0 Å². The highest BCUT2D eigenvalue weighted by Crippen LogP contribution is 2.11. The maximum absolute atomic E-state index is 11.2. The Labute approximate surface area is 87.5 Å². The van der Waals surface area contributed by atoms with Crippen LogP contribution in [0.1, 0.15) is 13.3 Å². The zero-order valence-electron chi connectivity index (χ0n) is 8.34. The monoisotopic (exact) mass is 208 g/mol. The lowest BCUT2D eigenvalue weighted by Gasteiger charge is -2.06. The van der Waals surface area contributed by atoms with Crippen molar-refractivity contribution < 1.29 is 19.4 Å². The molecule has 0 amide bonds. The molecule has 1 aromatic carbocycles. The number of benzene rings is 1. The second kappa shape index (κ2) is 5.14. The van der Waals surface area contributed by atoms with Crippen molar-refractivity contribution >= 4 is 11.9 Å². The van der Waals surface area contributed by atoms with E-state index in [0.717, 1.165) is 0 Å². The predicted octanol–water partition coefficient (Wildman–Crippen LogP) is 1.70. The predicted molar refractivity (Wildman–Crippen MR) is 53.5 cm³/mol. The van der Waals surface area contributed by atoms with Crippen LogP contribution in [0.5, 0.6) is 5.75 Å². The molecule has 80 valence electrons. The normalized spacial score (nSPS) is 11.8. The van der Waals surface area contributed by atoms with E-state index in [4.69, 9.17) is 9.84 Å². The van der Waals surface area contributed by atoms with E-state index < -0.39 is 17.9 Å². The first kappa shape index (κ1) is 11.2. The molecule has 0 aliphatic carbocycles. The number of rotatable bonds is 4. The smallest absolute Gasteiger partial charge is 0.312 e. The highest BCUT2D eigenvalue weighted by Gasteiger charge is 2.16. The summed E-state index contributed by atoms with van der Waals surface area (Å²) in [6.45, 7) is 1.47. The van der Waals surface area contributed by atoms with Crippen LogP contribution in [0, 0.1) is 5.92 Å². The second-order valence-electron chi connectivity index (χ2n) is 3.23. The van der Waals surface area contributed by atoms with Gasteiger partial charge in [-0.2, -0.15) is 0 Å². The van der Waals surface area contributed by atoms with Crippen LogP contribution in [0.15, 0.2) is 30.3 Å². The van der Waals surface area contributed by atoms with E-state index >= 15 is 0 Å². The third-order valence-corrected chi connectivity index (χ3v) is 1.87. The molecule has 1 N–H and O–H groups in total. The largest absolute Gasteiger partial charge is 0.481 e. The van der Waals surface area contributed by atoms with Crippen LogP contribution in [0.3, 0.4) is 0 Å². The van der Waals surface area contributed by atoms with Gasteiger partial charge < -0.3 is 9.84 Å². The molecule has 15 heavy (non-hydrogen) atoms. The summed E-state index contributed by atoms with van der Waals surface area (Å²) in [7, 11) is 0. The summed E-state index contributed by atoms with van der Waals surface area (Å²) in [6, 6.07) is 8.57. The summed E-state index contributed by atoms with van der Waals surface area (Å²) in [5.74, 6) is -1.82. The Morgan fingerprint density at radius 1 is 1.33 bits per heavy atom. The van der Waals surface area contributed by atoms with Gasteiger partial charge in [-0.15, -0.1) is 0 Å². The Hall–Kier alpha value is -1.84. The van der Waals surface area contributed by atoms with Gasteiger partial charge in [0.1, 0.15) is 5.75 Å². The summed E-state index contributed by atoms with van der Waals surface area (Å²) < 4.78 is 4.93. The molecular weight excluding hydrogens is 196 g/mol. The number of esters is 1. The van der Waals surface area contributed by atoms with Gasteiger partial charge in [0.05, 0.1) is 12.3 Å². The van der Waals surface area contributed by atoms with Crippen molar-refractivity contribution in [2.75, 3.05) is 0 Å². The summed E-state index contributed by atoms with van der Waals surface area (Å²) >= 11 is 0. The minimum absolute atomic E-state index is 0.121. The number of hydrogen-bond donors (Lipinski definition) is 1. The molecule has 4 nitrogen and oxygen atoms in total. The van der Waals surface area contributed by atoms with Gasteiger partial charge in [-0.05, 0) is 12.1 Å². The third-order valence-electron chi connectivity index (χ3n) is 1.87. The minimum Gasteiger partial charge on any atom is -0.481 e. The summed E-state index contributed by atoms with van der Waals surface area (Å²) in [5, 5.41) is 8.59. The number of hydrogen-bond acceptors (Lipinski definition) is 3. The molecule has 0 bridgehead atoms. The van der Waals surface area contributed by atoms with Gasteiger partial charge in [-0.3, -0.25) is 9.59 Å². The summed E-state index contributed by atoms with van der Waals surface area (Å²) in [5.41, 5.74) is 0. The molecule has 0 fully saturated rings. The Morgan fingerprint density at radius 3 is 2.47 bits per heavy atom. The summed E-state index contributed by atoms with van der Waals surface area (Å²) in [4.78, 5) is 21.7. The molecule has 4 heteroatoms. The number of para-hydroxylation sites is 1. The molecule has 1 aromatic rings. The molecule has 0 aromatic heterocycles. The number of carbonyl (C=O) groups is 2. The van der Waals surface area contributed by atoms with Crippen molar-refractivity contribution in [3.8, 4) is 5.75 Å². The first-order chi connectivity index (χ1) is 7.09. The van der Waals surface area contributed by atoms with Gasteiger partial charge in [-0.25, -0.2) is 0 Å². The van der Waals surface area contributed by atoms with Crippen LogP contribution in [-0.2, 0) is 9.59 Å². The number of aliphatic carboxylic acids is 1. The van der Waals surface area contributed by atoms with Crippen molar-refractivity contribution in [2.24, 2.45) is 5.92 Å². The van der Waals surface area contributed by atoms with Crippen LogP contribution >= 0.6 is 0 Å². The van der Waals surface area contributed by atoms with E-state index in [1.165, 1.54) is 6.92 Å². The fourth-order valence-corrected chi connectivity index (χ4v) is 0.999. The van der Waals surface area contributed by atoms with Crippen LogP contribution < -0.4 is 4.74 Å². The number of carboxylic acid groups (broad SMARTS) is 1. The van der Waals surface area contributed by atoms with Crippen LogP contribution in [0.2, 0.25) is 0 Å². The average molecular weight is 208 g/mol. The lowest BCUT2D eigenvalue weighted by molar-refractivity contribution is -0.146. The molecule has 0 aliphatic rings. The summed E-state index contributed by atoms with van der Waals surface area (Å²) in [6.07, 6.45) is -0.121. The van der Waals surface area contributed by atoms with Gasteiger partial charge in [0.2, 0.25) is 0 Å². The lowest BCUT2D eigenvalue weighted by Crippen LogP contribution is -2.18. The van der Waals surface area contributed by atoms with Crippen LogP contribution in [0.4, 0.5) is 0 Å². The quantitative estimate of drug-likeness (QED) is 0.604. The first-order valence-corrected chi connectivity index (χ1v) is 4.58. The van der Waals surface area contributed by atoms with Crippen molar-refractivity contribution in [3.05, 3.63) is 30.3 Å². The Balaban J connectivity index is 2.47. The standard InChI is InChI=1S/C11H12O4/c1-8(11(13)14)7-10(12)15-9-5-3-2-4-6-9/h2-6,8H,7H2,1H3,(H,13,14)/t8-/m1/s1. The van der Waals surface area contributed by atoms with Crippen LogP contribution in [0.25, 0.3) is 0 Å². The lowest BCUT2D eigenvalue weighted by atomic mass is 10.1. The molecule has 1 atom stereocenters. The van der Waals surface area contributed by atoms with Gasteiger partial charge >= 0.3 is 11.9 Å². The van der Waals surface area contributed by atoms with Crippen molar-refractivity contribution in [1.82, 2.24) is 0 Å². The Bertz CT molecular complexity index is 345. The maximum Gasteiger partial charge on any atom is 0.312 e. The minimum atomic E-state index is -1.000. The first-order valence-electron chi connectivity index (χ1n) is 4.58. The molecule has 0 radical (unpaired) electrons. The fourth-order valence-electron chi connectivity index (χ4n) is 0.999. The second-order valence-corrected chi connectivity index (χ2v) is 3.23. The SMILES string of the molecule is C[C@H](CC(=O)Oc1ccccc1)C(=O)O. The molecule has 0 saturated heterocycles. The highest BCUT2D eigenvalue weighted by atomic mass is 16.5. The number of ether oxygens (including phenoxy) is 1. The highest BCUT2D eigenvalue weighted by molar-refractivity contribution is 5.79. The zero-order valence-corrected chi connectivity index (χ0v) is 8.34. The molecule has 0 spiro atoms. The van der Waals surface area contributed by atoms with E-state index in [-0.39, 0.29) is 6.42 Å². The molecule has 0 aliphatic heterocycles. The van der Waals surface area contributed by atoms with E-state index in [9.17, 15) is 9.59 Å². The van der Waals surface area contributed by atoms with Gasteiger partial charge in [-0.1, -0.05) is 25.1 Å². The number of carboxylic acids is 1. The molecule has 0 unspecified atom stereocenters.